The predicted octanol–water partition coefficient (Wildman–Crippen LogP) is 6.68. The molecule has 1 amide bonds. The van der Waals surface area contributed by atoms with Gasteiger partial charge >= 0.3 is 6.18 Å². The van der Waals surface area contributed by atoms with E-state index in [4.69, 9.17) is 4.74 Å². The van der Waals surface area contributed by atoms with Crippen molar-refractivity contribution in [1.29, 1.82) is 0 Å². The van der Waals surface area contributed by atoms with Crippen molar-refractivity contribution in [3.63, 3.8) is 0 Å². The number of alkyl halides is 3. The molecule has 0 aliphatic rings. The molecule has 1 aromatic heterocycles. The van der Waals surface area contributed by atoms with E-state index >= 15 is 0 Å². The van der Waals surface area contributed by atoms with Gasteiger partial charge in [0, 0.05) is 16.7 Å². The third-order valence-electron chi connectivity index (χ3n) is 4.86. The van der Waals surface area contributed by atoms with Crippen LogP contribution < -0.4 is 10.1 Å². The van der Waals surface area contributed by atoms with Gasteiger partial charge in [0.15, 0.2) is 11.0 Å². The van der Waals surface area contributed by atoms with Crippen LogP contribution in [-0.2, 0) is 24.1 Å². The first-order chi connectivity index (χ1) is 16.6. The Kier molecular flexibility index (Phi) is 9.01. The van der Waals surface area contributed by atoms with Gasteiger partial charge in [-0.15, -0.1) is 16.8 Å². The molecule has 0 fully saturated rings. The Labute approximate surface area is 214 Å². The Morgan fingerprint density at radius 2 is 2.03 bits per heavy atom. The summed E-state index contributed by atoms with van der Waals surface area (Å²) in [5.41, 5.74) is 0.294. The van der Waals surface area contributed by atoms with Crippen LogP contribution in [0.15, 0.2) is 64.7 Å². The van der Waals surface area contributed by atoms with E-state index in [-0.39, 0.29) is 24.0 Å². The lowest BCUT2D eigenvalue weighted by molar-refractivity contribution is -0.137. The average Bonchev–Trinajstić information content (AvgIpc) is 3.18. The van der Waals surface area contributed by atoms with Crippen LogP contribution in [0, 0.1) is 0 Å². The first-order valence-corrected chi connectivity index (χ1v) is 12.4. The zero-order chi connectivity index (χ0) is 25.6. The minimum atomic E-state index is -4.48. The molecule has 0 atom stereocenters. The largest absolute Gasteiger partial charge is 0.485 e. The van der Waals surface area contributed by atoms with Crippen molar-refractivity contribution in [2.45, 2.75) is 44.2 Å². The molecule has 0 spiro atoms. The van der Waals surface area contributed by atoms with E-state index in [1.54, 1.807) is 10.6 Å². The van der Waals surface area contributed by atoms with Gasteiger partial charge in [-0.05, 0) is 47.9 Å². The van der Waals surface area contributed by atoms with Crippen LogP contribution in [0.25, 0.3) is 0 Å². The SMILES string of the molecule is C=CCn1c(COc2ccc(Br)cc2C(C)C)nnc1SCC(=O)Nc1cccc(C(F)(F)F)c1. The number of amides is 1. The van der Waals surface area contributed by atoms with Crippen LogP contribution in [0.2, 0.25) is 0 Å². The van der Waals surface area contributed by atoms with Crippen LogP contribution in [-0.4, -0.2) is 26.4 Å². The number of nitrogens with zero attached hydrogens (tertiary/aromatic N) is 3. The molecule has 3 rings (SSSR count). The van der Waals surface area contributed by atoms with E-state index in [2.05, 4.69) is 51.9 Å². The summed E-state index contributed by atoms with van der Waals surface area (Å²) in [5, 5.41) is 11.3. The maximum Gasteiger partial charge on any atom is 0.416 e. The molecule has 0 aliphatic carbocycles. The second-order valence-electron chi connectivity index (χ2n) is 7.84. The van der Waals surface area contributed by atoms with Crippen LogP contribution in [0.4, 0.5) is 18.9 Å². The third-order valence-corrected chi connectivity index (χ3v) is 6.32. The van der Waals surface area contributed by atoms with Gasteiger partial charge in [0.25, 0.3) is 0 Å². The third kappa shape index (κ3) is 7.35. The van der Waals surface area contributed by atoms with Gasteiger partial charge in [-0.1, -0.05) is 53.7 Å². The number of rotatable bonds is 10. The molecule has 0 bridgehead atoms. The van der Waals surface area contributed by atoms with Crippen LogP contribution >= 0.6 is 27.7 Å². The quantitative estimate of drug-likeness (QED) is 0.218. The van der Waals surface area contributed by atoms with Crippen LogP contribution in [0.1, 0.15) is 36.7 Å². The van der Waals surface area contributed by atoms with Gasteiger partial charge in [0.2, 0.25) is 5.91 Å². The molecule has 6 nitrogen and oxygen atoms in total. The predicted molar refractivity (Wildman–Crippen MR) is 134 cm³/mol. The fraction of sp³-hybridized carbons (Fsp3) is 0.292. The number of nitrogens with one attached hydrogen (secondary N) is 1. The second-order valence-corrected chi connectivity index (χ2v) is 9.70. The maximum absolute atomic E-state index is 12.9. The van der Waals surface area contributed by atoms with Crippen LogP contribution in [0.5, 0.6) is 5.75 Å². The van der Waals surface area contributed by atoms with E-state index in [0.29, 0.717) is 17.5 Å². The topological polar surface area (TPSA) is 69.0 Å². The maximum atomic E-state index is 12.9. The minimum absolute atomic E-state index is 0.0589. The lowest BCUT2D eigenvalue weighted by Gasteiger charge is -2.15. The molecule has 35 heavy (non-hydrogen) atoms. The number of carbonyl (C=O) groups is 1. The normalized spacial score (nSPS) is 11.5. The molecule has 2 aromatic carbocycles. The molecular formula is C24H24BrF3N4O2S. The van der Waals surface area contributed by atoms with Crippen molar-refractivity contribution in [1.82, 2.24) is 14.8 Å². The van der Waals surface area contributed by atoms with Crippen LogP contribution in [0.3, 0.4) is 0 Å². The van der Waals surface area contributed by atoms with Gasteiger partial charge in [0.05, 0.1) is 11.3 Å². The molecule has 1 N–H and O–H groups in total. The number of anilines is 1. The number of hydrogen-bond acceptors (Lipinski definition) is 5. The van der Waals surface area contributed by atoms with Gasteiger partial charge in [-0.3, -0.25) is 9.36 Å². The lowest BCUT2D eigenvalue weighted by atomic mass is 10.0. The smallest absolute Gasteiger partial charge is 0.416 e. The first-order valence-electron chi connectivity index (χ1n) is 10.6. The summed E-state index contributed by atoms with van der Waals surface area (Å²) in [5.74, 6) is 1.04. The van der Waals surface area contributed by atoms with Crippen molar-refractivity contribution in [3.8, 4) is 5.75 Å². The molecule has 186 valence electrons. The summed E-state index contributed by atoms with van der Waals surface area (Å²) in [6.07, 6.45) is -2.81. The second kappa shape index (κ2) is 11.8. The fourth-order valence-electron chi connectivity index (χ4n) is 3.19. The van der Waals surface area contributed by atoms with Crippen molar-refractivity contribution in [2.24, 2.45) is 0 Å². The monoisotopic (exact) mass is 568 g/mol. The molecule has 3 aromatic rings. The molecule has 0 aliphatic heterocycles. The zero-order valence-corrected chi connectivity index (χ0v) is 21.5. The number of allylic oxidation sites excluding steroid dienone is 1. The van der Waals surface area contributed by atoms with Crippen molar-refractivity contribution in [3.05, 3.63) is 76.5 Å². The highest BCUT2D eigenvalue weighted by Gasteiger charge is 2.30. The summed E-state index contributed by atoms with van der Waals surface area (Å²) in [6, 6.07) is 10.3. The van der Waals surface area contributed by atoms with Gasteiger partial charge in [0.1, 0.15) is 12.4 Å². The Morgan fingerprint density at radius 3 is 2.71 bits per heavy atom. The van der Waals surface area contributed by atoms with Gasteiger partial charge < -0.3 is 10.1 Å². The van der Waals surface area contributed by atoms with Crippen molar-refractivity contribution >= 4 is 39.3 Å². The Bertz CT molecular complexity index is 1200. The van der Waals surface area contributed by atoms with E-state index in [9.17, 15) is 18.0 Å². The standard InChI is InChI=1S/C24H24BrF3N4O2S/c1-4-10-32-21(13-34-20-9-8-17(25)12-19(20)15(2)3)30-31-23(32)35-14-22(33)29-18-7-5-6-16(11-18)24(26,27)28/h4-9,11-12,15H,1,10,13-14H2,2-3H3,(H,29,33). The summed E-state index contributed by atoms with van der Waals surface area (Å²) in [4.78, 5) is 12.3. The van der Waals surface area contributed by atoms with E-state index in [0.717, 1.165) is 39.7 Å². The fourth-order valence-corrected chi connectivity index (χ4v) is 4.34. The Balaban J connectivity index is 1.66. The number of benzene rings is 2. The zero-order valence-electron chi connectivity index (χ0n) is 19.1. The number of aromatic nitrogens is 3. The highest BCUT2D eigenvalue weighted by atomic mass is 79.9. The molecular weight excluding hydrogens is 545 g/mol. The molecule has 0 saturated carbocycles. The molecule has 0 radical (unpaired) electrons. The minimum Gasteiger partial charge on any atom is -0.485 e. The summed E-state index contributed by atoms with van der Waals surface area (Å²) >= 11 is 4.60. The lowest BCUT2D eigenvalue weighted by Crippen LogP contribution is -2.16. The number of halogens is 4. The Hall–Kier alpha value is -2.79. The highest BCUT2D eigenvalue weighted by molar-refractivity contribution is 9.10. The molecule has 11 heteroatoms. The summed E-state index contributed by atoms with van der Waals surface area (Å²) < 4.78 is 47.4. The van der Waals surface area contributed by atoms with E-state index in [1.807, 2.05) is 18.2 Å². The Morgan fingerprint density at radius 1 is 1.26 bits per heavy atom. The van der Waals surface area contributed by atoms with Gasteiger partial charge in [-0.2, -0.15) is 13.2 Å². The average molecular weight is 569 g/mol. The number of hydrogen-bond donors (Lipinski definition) is 1. The van der Waals surface area contributed by atoms with Gasteiger partial charge in [-0.25, -0.2) is 0 Å². The molecule has 0 saturated heterocycles. The number of carbonyl (C=O) groups excluding carboxylic acids is 1. The van der Waals surface area contributed by atoms with E-state index < -0.39 is 17.6 Å². The first kappa shape index (κ1) is 26.8. The van der Waals surface area contributed by atoms with Crippen molar-refractivity contribution < 1.29 is 22.7 Å². The molecule has 1 heterocycles. The summed E-state index contributed by atoms with van der Waals surface area (Å²) in [6.45, 7) is 8.48. The number of ether oxygens (including phenoxy) is 1. The van der Waals surface area contributed by atoms with Crippen molar-refractivity contribution in [2.75, 3.05) is 11.1 Å². The summed E-state index contributed by atoms with van der Waals surface area (Å²) in [7, 11) is 0. The molecule has 0 unspecified atom stereocenters. The highest BCUT2D eigenvalue weighted by Crippen LogP contribution is 2.31. The van der Waals surface area contributed by atoms with E-state index in [1.165, 1.54) is 12.1 Å². The number of thioether (sulfide) groups is 1.